The number of nitrogens with zero attached hydrogens (tertiary/aromatic N) is 1. The van der Waals surface area contributed by atoms with E-state index in [0.717, 1.165) is 16.7 Å². The monoisotopic (exact) mass is 388 g/mol. The second-order valence-corrected chi connectivity index (χ2v) is 7.44. The number of nitrogens with one attached hydrogen (secondary N) is 1. The quantitative estimate of drug-likeness (QED) is 0.658. The van der Waals surface area contributed by atoms with Gasteiger partial charge in [-0.2, -0.15) is 0 Å². The molecular weight excluding hydrogens is 360 g/mol. The van der Waals surface area contributed by atoms with E-state index in [9.17, 15) is 9.59 Å². The number of fused-ring (bicyclic) bond motifs is 1. The Morgan fingerprint density at radius 3 is 2.48 bits per heavy atom. The van der Waals surface area contributed by atoms with Crippen LogP contribution in [0.4, 0.5) is 0 Å². The zero-order valence-electron chi connectivity index (χ0n) is 17.3. The molecule has 0 radical (unpaired) electrons. The lowest BCUT2D eigenvalue weighted by Gasteiger charge is -2.28. The highest BCUT2D eigenvalue weighted by molar-refractivity contribution is 5.88. The van der Waals surface area contributed by atoms with Crippen molar-refractivity contribution in [3.63, 3.8) is 0 Å². The zero-order valence-corrected chi connectivity index (χ0v) is 17.3. The number of hydrogen-bond acceptors (Lipinski definition) is 2. The molecule has 0 aliphatic rings. The van der Waals surface area contributed by atoms with Crippen molar-refractivity contribution in [2.75, 3.05) is 7.05 Å². The van der Waals surface area contributed by atoms with Crippen molar-refractivity contribution in [2.24, 2.45) is 0 Å². The number of carbonyl (C=O) groups is 2. The molecular formula is C25H28N2O2. The van der Waals surface area contributed by atoms with Crippen LogP contribution in [0.2, 0.25) is 0 Å². The average molecular weight is 389 g/mol. The van der Waals surface area contributed by atoms with E-state index < -0.39 is 6.04 Å². The molecule has 0 fully saturated rings. The van der Waals surface area contributed by atoms with E-state index in [1.165, 1.54) is 10.8 Å². The lowest BCUT2D eigenvalue weighted by molar-refractivity contribution is -0.140. The Balaban J connectivity index is 1.79. The predicted octanol–water partition coefficient (Wildman–Crippen LogP) is 4.24. The molecule has 3 aromatic carbocycles. The highest BCUT2D eigenvalue weighted by Gasteiger charge is 2.25. The van der Waals surface area contributed by atoms with Crippen LogP contribution in [-0.2, 0) is 22.6 Å². The Morgan fingerprint density at radius 1 is 1.00 bits per heavy atom. The van der Waals surface area contributed by atoms with Gasteiger partial charge in [-0.15, -0.1) is 0 Å². The number of amides is 2. The molecule has 0 saturated heterocycles. The standard InChI is InChI=1S/C25H28N2O2/c1-18-8-6-9-20(16-18)17-27(19(2)25(29)26-3)24(28)15-14-22-12-7-11-21-10-4-5-13-23(21)22/h4-13,16,19H,14-15,17H2,1-3H3,(H,26,29)/t19-/m0/s1. The van der Waals surface area contributed by atoms with E-state index in [2.05, 4.69) is 35.6 Å². The van der Waals surface area contributed by atoms with E-state index >= 15 is 0 Å². The zero-order chi connectivity index (χ0) is 20.8. The summed E-state index contributed by atoms with van der Waals surface area (Å²) in [5, 5.41) is 5.01. The van der Waals surface area contributed by atoms with Crippen LogP contribution in [0.15, 0.2) is 66.7 Å². The van der Waals surface area contributed by atoms with Crippen molar-refractivity contribution in [1.82, 2.24) is 10.2 Å². The molecule has 3 rings (SSSR count). The molecule has 1 atom stereocenters. The Labute approximate surface area is 172 Å². The molecule has 0 aliphatic carbocycles. The molecule has 0 unspecified atom stereocenters. The minimum Gasteiger partial charge on any atom is -0.357 e. The van der Waals surface area contributed by atoms with Gasteiger partial charge in [0.25, 0.3) is 0 Å². The van der Waals surface area contributed by atoms with Crippen LogP contribution in [0.5, 0.6) is 0 Å². The van der Waals surface area contributed by atoms with Gasteiger partial charge in [0.1, 0.15) is 6.04 Å². The maximum atomic E-state index is 13.1. The minimum absolute atomic E-state index is 0.0180. The van der Waals surface area contributed by atoms with Crippen LogP contribution in [0.1, 0.15) is 30.0 Å². The summed E-state index contributed by atoms with van der Waals surface area (Å²) in [5.74, 6) is -0.174. The summed E-state index contributed by atoms with van der Waals surface area (Å²) in [4.78, 5) is 27.1. The smallest absolute Gasteiger partial charge is 0.242 e. The van der Waals surface area contributed by atoms with Gasteiger partial charge >= 0.3 is 0 Å². The first-order valence-corrected chi connectivity index (χ1v) is 10.0. The summed E-state index contributed by atoms with van der Waals surface area (Å²) < 4.78 is 0. The third kappa shape index (κ3) is 5.02. The highest BCUT2D eigenvalue weighted by atomic mass is 16.2. The normalized spacial score (nSPS) is 11.8. The molecule has 29 heavy (non-hydrogen) atoms. The number of benzene rings is 3. The fraction of sp³-hybridized carbons (Fsp3) is 0.280. The van der Waals surface area contributed by atoms with Crippen LogP contribution in [-0.4, -0.2) is 29.8 Å². The van der Waals surface area contributed by atoms with Crippen molar-refractivity contribution < 1.29 is 9.59 Å². The van der Waals surface area contributed by atoms with Gasteiger partial charge in [0.05, 0.1) is 0 Å². The van der Waals surface area contributed by atoms with Gasteiger partial charge in [-0.25, -0.2) is 0 Å². The van der Waals surface area contributed by atoms with E-state index in [1.54, 1.807) is 18.9 Å². The summed E-state index contributed by atoms with van der Waals surface area (Å²) in [6.07, 6.45) is 1.01. The summed E-state index contributed by atoms with van der Waals surface area (Å²) in [5.41, 5.74) is 3.32. The molecule has 0 aliphatic heterocycles. The second-order valence-electron chi connectivity index (χ2n) is 7.44. The summed E-state index contributed by atoms with van der Waals surface area (Å²) in [6, 6.07) is 21.9. The first-order valence-electron chi connectivity index (χ1n) is 10.0. The van der Waals surface area contributed by atoms with Crippen LogP contribution >= 0.6 is 0 Å². The second kappa shape index (κ2) is 9.37. The van der Waals surface area contributed by atoms with Crippen LogP contribution < -0.4 is 5.32 Å². The molecule has 150 valence electrons. The average Bonchev–Trinajstić information content (AvgIpc) is 2.74. The van der Waals surface area contributed by atoms with Crippen LogP contribution in [0, 0.1) is 6.92 Å². The number of rotatable bonds is 7. The number of likely N-dealkylation sites (N-methyl/N-ethyl adjacent to an activating group) is 1. The van der Waals surface area contributed by atoms with Crippen molar-refractivity contribution >= 4 is 22.6 Å². The van der Waals surface area contributed by atoms with Gasteiger partial charge in [0.15, 0.2) is 0 Å². The number of aryl methyl sites for hydroxylation is 2. The molecule has 3 aromatic rings. The van der Waals surface area contributed by atoms with Crippen molar-refractivity contribution in [1.29, 1.82) is 0 Å². The SMILES string of the molecule is CNC(=O)[C@H](C)N(Cc1cccc(C)c1)C(=O)CCc1cccc2ccccc12. The third-order valence-corrected chi connectivity index (χ3v) is 5.34. The summed E-state index contributed by atoms with van der Waals surface area (Å²) in [6.45, 7) is 4.23. The Morgan fingerprint density at radius 2 is 1.72 bits per heavy atom. The van der Waals surface area contributed by atoms with Gasteiger partial charge < -0.3 is 10.2 Å². The van der Waals surface area contributed by atoms with Crippen molar-refractivity contribution in [3.8, 4) is 0 Å². The van der Waals surface area contributed by atoms with Gasteiger partial charge in [0.2, 0.25) is 11.8 Å². The molecule has 0 heterocycles. The predicted molar refractivity (Wildman–Crippen MR) is 118 cm³/mol. The summed E-state index contributed by atoms with van der Waals surface area (Å²) >= 11 is 0. The Bertz CT molecular complexity index is 1010. The fourth-order valence-corrected chi connectivity index (χ4v) is 3.69. The topological polar surface area (TPSA) is 49.4 Å². The third-order valence-electron chi connectivity index (χ3n) is 5.34. The summed E-state index contributed by atoms with van der Waals surface area (Å²) in [7, 11) is 1.60. The molecule has 1 N–H and O–H groups in total. The van der Waals surface area contributed by atoms with Crippen molar-refractivity contribution in [2.45, 2.75) is 39.3 Å². The molecule has 0 saturated carbocycles. The molecule has 4 nitrogen and oxygen atoms in total. The largest absolute Gasteiger partial charge is 0.357 e. The van der Waals surface area contributed by atoms with E-state index in [0.29, 0.717) is 19.4 Å². The first-order chi connectivity index (χ1) is 14.0. The maximum Gasteiger partial charge on any atom is 0.242 e. The van der Waals surface area contributed by atoms with E-state index in [1.807, 2.05) is 43.3 Å². The molecule has 4 heteroatoms. The van der Waals surface area contributed by atoms with Crippen molar-refractivity contribution in [3.05, 3.63) is 83.4 Å². The van der Waals surface area contributed by atoms with Crippen LogP contribution in [0.25, 0.3) is 10.8 Å². The van der Waals surface area contributed by atoms with Gasteiger partial charge in [-0.3, -0.25) is 9.59 Å². The molecule has 0 aromatic heterocycles. The Kier molecular flexibility index (Phi) is 6.65. The van der Waals surface area contributed by atoms with Gasteiger partial charge in [-0.05, 0) is 42.2 Å². The Hall–Kier alpha value is -3.14. The van der Waals surface area contributed by atoms with Gasteiger partial charge in [-0.1, -0.05) is 72.3 Å². The van der Waals surface area contributed by atoms with E-state index in [4.69, 9.17) is 0 Å². The van der Waals surface area contributed by atoms with Crippen LogP contribution in [0.3, 0.4) is 0 Å². The van der Waals surface area contributed by atoms with E-state index in [-0.39, 0.29) is 11.8 Å². The molecule has 0 spiro atoms. The molecule has 2 amide bonds. The minimum atomic E-state index is -0.527. The first kappa shape index (κ1) is 20.6. The van der Waals surface area contributed by atoms with Gasteiger partial charge in [0, 0.05) is 20.0 Å². The molecule has 0 bridgehead atoms. The maximum absolute atomic E-state index is 13.1. The lowest BCUT2D eigenvalue weighted by Crippen LogP contribution is -2.46. The number of hydrogen-bond donors (Lipinski definition) is 1. The fourth-order valence-electron chi connectivity index (χ4n) is 3.69. The number of carbonyl (C=O) groups excluding carboxylic acids is 2. The highest BCUT2D eigenvalue weighted by Crippen LogP contribution is 2.21. The lowest BCUT2D eigenvalue weighted by atomic mass is 10.0.